The molecule has 1 aliphatic heterocycles. The highest BCUT2D eigenvalue weighted by molar-refractivity contribution is 6.30. The second-order valence-electron chi connectivity index (χ2n) is 6.13. The zero-order valence-electron chi connectivity index (χ0n) is 14.2. The number of nitrogens with zero attached hydrogens (tertiary/aromatic N) is 4. The Hall–Kier alpha value is -3.00. The van der Waals surface area contributed by atoms with E-state index in [9.17, 15) is 9.59 Å². The molecule has 9 heteroatoms. The fourth-order valence-electron chi connectivity index (χ4n) is 2.62. The largest absolute Gasteiger partial charge is 0.369 e. The quantitative estimate of drug-likeness (QED) is 0.852. The standard InChI is InChI=1S/C17H17ClN6O2/c1-17(7-13(25)24(2)16(19)23-17)10-4-3-5-12(6-10)22-15(26)14-20-8-11(18)9-21-14/h3-6,8-9H,7H2,1-2H3,(H2,19,23)(H,22,26). The molecule has 0 bridgehead atoms. The number of carbonyl (C=O) groups is 2. The number of amides is 2. The number of hydrogen-bond acceptors (Lipinski definition) is 6. The fourth-order valence-corrected chi connectivity index (χ4v) is 2.72. The molecule has 1 unspecified atom stereocenters. The van der Waals surface area contributed by atoms with Gasteiger partial charge in [0, 0.05) is 25.1 Å². The predicted molar refractivity (Wildman–Crippen MR) is 97.8 cm³/mol. The topological polar surface area (TPSA) is 114 Å². The average Bonchev–Trinajstić information content (AvgIpc) is 2.60. The highest BCUT2D eigenvalue weighted by atomic mass is 35.5. The van der Waals surface area contributed by atoms with Crippen molar-refractivity contribution in [1.29, 1.82) is 0 Å². The number of benzene rings is 1. The molecule has 8 nitrogen and oxygen atoms in total. The maximum atomic E-state index is 12.3. The van der Waals surface area contributed by atoms with Crippen LogP contribution >= 0.6 is 11.6 Å². The number of guanidine groups is 1. The number of aromatic nitrogens is 2. The lowest BCUT2D eigenvalue weighted by molar-refractivity contribution is -0.128. The molecule has 3 rings (SSSR count). The van der Waals surface area contributed by atoms with Gasteiger partial charge in [0.05, 0.1) is 17.0 Å². The number of carbonyl (C=O) groups excluding carboxylic acids is 2. The first kappa shape index (κ1) is 17.8. The van der Waals surface area contributed by atoms with E-state index in [2.05, 4.69) is 20.3 Å². The van der Waals surface area contributed by atoms with Crippen molar-refractivity contribution in [2.24, 2.45) is 10.7 Å². The smallest absolute Gasteiger partial charge is 0.293 e. The van der Waals surface area contributed by atoms with E-state index in [0.29, 0.717) is 10.7 Å². The number of halogens is 1. The molecule has 0 radical (unpaired) electrons. The summed E-state index contributed by atoms with van der Waals surface area (Å²) in [6, 6.07) is 7.09. The SMILES string of the molecule is CN1C(=O)CC(C)(c2cccc(NC(=O)c3ncc(Cl)cn3)c2)N=C1N. The van der Waals surface area contributed by atoms with Gasteiger partial charge >= 0.3 is 0 Å². The molecule has 0 spiro atoms. The molecular weight excluding hydrogens is 356 g/mol. The van der Waals surface area contributed by atoms with Crippen molar-refractivity contribution in [3.8, 4) is 0 Å². The molecule has 2 heterocycles. The first-order chi connectivity index (χ1) is 12.3. The number of rotatable bonds is 3. The van der Waals surface area contributed by atoms with Crippen molar-refractivity contribution < 1.29 is 9.59 Å². The van der Waals surface area contributed by atoms with Crippen LogP contribution in [0.15, 0.2) is 41.7 Å². The van der Waals surface area contributed by atoms with E-state index in [-0.39, 0.29) is 24.1 Å². The van der Waals surface area contributed by atoms with Crippen LogP contribution in [0.2, 0.25) is 5.02 Å². The third-order valence-electron chi connectivity index (χ3n) is 4.14. The molecule has 0 saturated carbocycles. The summed E-state index contributed by atoms with van der Waals surface area (Å²) in [5.41, 5.74) is 6.34. The lowest BCUT2D eigenvalue weighted by atomic mass is 9.87. The molecule has 1 aromatic heterocycles. The third-order valence-corrected chi connectivity index (χ3v) is 4.34. The molecule has 1 atom stereocenters. The Morgan fingerprint density at radius 1 is 1.35 bits per heavy atom. The van der Waals surface area contributed by atoms with Gasteiger partial charge < -0.3 is 11.1 Å². The maximum Gasteiger partial charge on any atom is 0.293 e. The molecule has 26 heavy (non-hydrogen) atoms. The van der Waals surface area contributed by atoms with Crippen molar-refractivity contribution in [2.45, 2.75) is 18.9 Å². The van der Waals surface area contributed by atoms with E-state index in [1.807, 2.05) is 13.0 Å². The van der Waals surface area contributed by atoms with Crippen molar-refractivity contribution in [3.05, 3.63) is 53.1 Å². The number of hydrogen-bond donors (Lipinski definition) is 2. The minimum absolute atomic E-state index is 0.00255. The van der Waals surface area contributed by atoms with Gasteiger partial charge in [-0.25, -0.2) is 15.0 Å². The monoisotopic (exact) mass is 372 g/mol. The van der Waals surface area contributed by atoms with Gasteiger partial charge in [0.15, 0.2) is 5.96 Å². The number of nitrogens with two attached hydrogens (primary N) is 1. The number of nitrogens with one attached hydrogen (secondary N) is 1. The molecule has 1 aromatic carbocycles. The zero-order chi connectivity index (χ0) is 18.9. The summed E-state index contributed by atoms with van der Waals surface area (Å²) in [6.07, 6.45) is 2.88. The lowest BCUT2D eigenvalue weighted by Gasteiger charge is -2.33. The molecule has 1 aliphatic rings. The fraction of sp³-hybridized carbons (Fsp3) is 0.235. The zero-order valence-corrected chi connectivity index (χ0v) is 15.0. The van der Waals surface area contributed by atoms with Gasteiger partial charge in [-0.3, -0.25) is 14.5 Å². The van der Waals surface area contributed by atoms with Crippen molar-refractivity contribution >= 4 is 35.1 Å². The van der Waals surface area contributed by atoms with Crippen LogP contribution in [-0.2, 0) is 10.3 Å². The highest BCUT2D eigenvalue weighted by Gasteiger charge is 2.36. The minimum Gasteiger partial charge on any atom is -0.369 e. The lowest BCUT2D eigenvalue weighted by Crippen LogP contribution is -2.47. The predicted octanol–water partition coefficient (Wildman–Crippen LogP) is 1.77. The summed E-state index contributed by atoms with van der Waals surface area (Å²) >= 11 is 5.72. The van der Waals surface area contributed by atoms with Crippen LogP contribution in [-0.4, -0.2) is 39.7 Å². The number of aliphatic imine (C=N–C) groups is 1. The Balaban J connectivity index is 1.85. The van der Waals surface area contributed by atoms with E-state index in [4.69, 9.17) is 17.3 Å². The van der Waals surface area contributed by atoms with Gasteiger partial charge in [0.1, 0.15) is 0 Å². The summed E-state index contributed by atoms with van der Waals surface area (Å²) in [4.78, 5) is 37.9. The first-order valence-corrected chi connectivity index (χ1v) is 8.17. The Morgan fingerprint density at radius 3 is 2.69 bits per heavy atom. The molecule has 2 amide bonds. The van der Waals surface area contributed by atoms with E-state index < -0.39 is 11.4 Å². The maximum absolute atomic E-state index is 12.3. The molecule has 0 saturated heterocycles. The van der Waals surface area contributed by atoms with E-state index in [0.717, 1.165) is 5.56 Å². The molecule has 3 N–H and O–H groups in total. The summed E-state index contributed by atoms with van der Waals surface area (Å²) in [5, 5.41) is 3.07. The van der Waals surface area contributed by atoms with Gasteiger partial charge in [-0.05, 0) is 24.6 Å². The molecule has 0 fully saturated rings. The van der Waals surface area contributed by atoms with Crippen LogP contribution in [0.5, 0.6) is 0 Å². The Labute approximate surface area is 155 Å². The highest BCUT2D eigenvalue weighted by Crippen LogP contribution is 2.34. The Kier molecular flexibility index (Phi) is 4.60. The second kappa shape index (κ2) is 6.72. The number of anilines is 1. The van der Waals surface area contributed by atoms with Crippen LogP contribution in [0.4, 0.5) is 5.69 Å². The molecule has 134 valence electrons. The van der Waals surface area contributed by atoms with Gasteiger partial charge in [0.25, 0.3) is 5.91 Å². The average molecular weight is 373 g/mol. The van der Waals surface area contributed by atoms with Gasteiger partial charge in [0.2, 0.25) is 11.7 Å². The van der Waals surface area contributed by atoms with Crippen LogP contribution in [0.3, 0.4) is 0 Å². The van der Waals surface area contributed by atoms with Gasteiger partial charge in [-0.1, -0.05) is 23.7 Å². The van der Waals surface area contributed by atoms with Crippen molar-refractivity contribution in [1.82, 2.24) is 14.9 Å². The molecule has 0 aliphatic carbocycles. The van der Waals surface area contributed by atoms with Crippen LogP contribution in [0.1, 0.15) is 29.5 Å². The van der Waals surface area contributed by atoms with E-state index in [1.54, 1.807) is 25.2 Å². The molecule has 2 aromatic rings. The third kappa shape index (κ3) is 3.50. The summed E-state index contributed by atoms with van der Waals surface area (Å²) in [7, 11) is 1.59. The van der Waals surface area contributed by atoms with Gasteiger partial charge in [-0.15, -0.1) is 0 Å². The Morgan fingerprint density at radius 2 is 2.04 bits per heavy atom. The summed E-state index contributed by atoms with van der Waals surface area (Å²) in [5.74, 6) is -0.425. The van der Waals surface area contributed by atoms with E-state index in [1.165, 1.54) is 17.3 Å². The van der Waals surface area contributed by atoms with Gasteiger partial charge in [-0.2, -0.15) is 0 Å². The van der Waals surface area contributed by atoms with Crippen LogP contribution in [0, 0.1) is 0 Å². The minimum atomic E-state index is -0.800. The van der Waals surface area contributed by atoms with Crippen molar-refractivity contribution in [3.63, 3.8) is 0 Å². The summed E-state index contributed by atoms with van der Waals surface area (Å²) < 4.78 is 0. The molecular formula is C17H17ClN6O2. The van der Waals surface area contributed by atoms with Crippen molar-refractivity contribution in [2.75, 3.05) is 12.4 Å². The Bertz CT molecular complexity index is 898. The summed E-state index contributed by atoms with van der Waals surface area (Å²) in [6.45, 7) is 1.83. The first-order valence-electron chi connectivity index (χ1n) is 7.80. The second-order valence-corrected chi connectivity index (χ2v) is 6.57. The normalized spacial score (nSPS) is 19.9. The van der Waals surface area contributed by atoms with Crippen LogP contribution in [0.25, 0.3) is 0 Å². The van der Waals surface area contributed by atoms with E-state index >= 15 is 0 Å². The van der Waals surface area contributed by atoms with Crippen LogP contribution < -0.4 is 11.1 Å².